The monoisotopic (exact) mass is 237 g/mol. The number of carbonyl (C=O) groups excluding carboxylic acids is 1. The average molecular weight is 237 g/mol. The molecule has 0 spiro atoms. The number of carbonyl (C=O) groups is 1. The van der Waals surface area contributed by atoms with E-state index in [0.717, 1.165) is 42.9 Å². The van der Waals surface area contributed by atoms with E-state index in [9.17, 15) is 4.79 Å². The van der Waals surface area contributed by atoms with E-state index in [1.54, 1.807) is 0 Å². The van der Waals surface area contributed by atoms with Gasteiger partial charge in [0.2, 0.25) is 5.91 Å². The Kier molecular flexibility index (Phi) is 3.78. The Balaban J connectivity index is 1.91. The van der Waals surface area contributed by atoms with Crippen LogP contribution >= 0.6 is 0 Å². The van der Waals surface area contributed by atoms with Gasteiger partial charge >= 0.3 is 0 Å². The molecule has 5 nitrogen and oxygen atoms in total. The fourth-order valence-corrected chi connectivity index (χ4v) is 2.15. The molecule has 2 N–H and O–H groups in total. The van der Waals surface area contributed by atoms with E-state index in [1.807, 2.05) is 13.8 Å². The van der Waals surface area contributed by atoms with Crippen molar-refractivity contribution in [3.63, 3.8) is 0 Å². The molecule has 1 aliphatic rings. The summed E-state index contributed by atoms with van der Waals surface area (Å²) >= 11 is 0. The summed E-state index contributed by atoms with van der Waals surface area (Å²) in [5.74, 6) is 0.992. The van der Waals surface area contributed by atoms with Crippen molar-refractivity contribution in [2.24, 2.45) is 0 Å². The summed E-state index contributed by atoms with van der Waals surface area (Å²) < 4.78 is 5.11. The van der Waals surface area contributed by atoms with E-state index in [-0.39, 0.29) is 11.9 Å². The lowest BCUT2D eigenvalue weighted by Crippen LogP contribution is -2.32. The summed E-state index contributed by atoms with van der Waals surface area (Å²) in [6.45, 7) is 5.37. The lowest BCUT2D eigenvalue weighted by atomic mass is 10.1. The van der Waals surface area contributed by atoms with Crippen LogP contribution < -0.4 is 10.6 Å². The second-order valence-electron chi connectivity index (χ2n) is 4.58. The van der Waals surface area contributed by atoms with Gasteiger partial charge in [0.1, 0.15) is 5.76 Å². The zero-order valence-corrected chi connectivity index (χ0v) is 10.4. The zero-order chi connectivity index (χ0) is 12.3. The minimum Gasteiger partial charge on any atom is -0.361 e. The molecule has 17 heavy (non-hydrogen) atoms. The Morgan fingerprint density at radius 1 is 1.53 bits per heavy atom. The third kappa shape index (κ3) is 3.06. The van der Waals surface area contributed by atoms with Gasteiger partial charge in [-0.15, -0.1) is 0 Å². The molecule has 2 rings (SSSR count). The van der Waals surface area contributed by atoms with Gasteiger partial charge in [-0.05, 0) is 26.7 Å². The van der Waals surface area contributed by atoms with Gasteiger partial charge in [-0.25, -0.2) is 0 Å². The SMILES string of the molecule is Cc1noc(C)c1CNC1CCCNC(=O)C1. The first-order valence-corrected chi connectivity index (χ1v) is 6.08. The molecule has 1 atom stereocenters. The first kappa shape index (κ1) is 12.1. The van der Waals surface area contributed by atoms with Crippen LogP contribution in [0.4, 0.5) is 0 Å². The highest BCUT2D eigenvalue weighted by atomic mass is 16.5. The molecule has 0 aliphatic carbocycles. The molecule has 94 valence electrons. The molecule has 1 aliphatic heterocycles. The van der Waals surface area contributed by atoms with Crippen molar-refractivity contribution in [1.82, 2.24) is 15.8 Å². The molecule has 1 unspecified atom stereocenters. The molecule has 0 aromatic carbocycles. The van der Waals surface area contributed by atoms with Crippen LogP contribution in [0.15, 0.2) is 4.52 Å². The average Bonchev–Trinajstić information content (AvgIpc) is 2.51. The molecule has 1 fully saturated rings. The Morgan fingerprint density at radius 3 is 3.06 bits per heavy atom. The Hall–Kier alpha value is -1.36. The predicted octanol–water partition coefficient (Wildman–Crippen LogP) is 1.05. The van der Waals surface area contributed by atoms with E-state index in [2.05, 4.69) is 15.8 Å². The molecule has 1 aromatic heterocycles. The second-order valence-corrected chi connectivity index (χ2v) is 4.58. The van der Waals surface area contributed by atoms with Crippen molar-refractivity contribution in [3.05, 3.63) is 17.0 Å². The summed E-state index contributed by atoms with van der Waals surface area (Å²) in [6, 6.07) is 0.256. The predicted molar refractivity (Wildman–Crippen MR) is 63.5 cm³/mol. The van der Waals surface area contributed by atoms with Gasteiger partial charge in [-0.1, -0.05) is 5.16 Å². The number of rotatable bonds is 3. The Morgan fingerprint density at radius 2 is 2.35 bits per heavy atom. The lowest BCUT2D eigenvalue weighted by molar-refractivity contribution is -0.121. The maximum atomic E-state index is 11.4. The number of hydrogen-bond donors (Lipinski definition) is 2. The van der Waals surface area contributed by atoms with Gasteiger partial charge in [0.25, 0.3) is 0 Å². The van der Waals surface area contributed by atoms with Crippen molar-refractivity contribution in [2.75, 3.05) is 6.54 Å². The first-order valence-electron chi connectivity index (χ1n) is 6.08. The number of amides is 1. The molecule has 1 aromatic rings. The number of aromatic nitrogens is 1. The fourth-order valence-electron chi connectivity index (χ4n) is 2.15. The van der Waals surface area contributed by atoms with Crippen LogP contribution in [0.25, 0.3) is 0 Å². The van der Waals surface area contributed by atoms with Crippen LogP contribution in [-0.4, -0.2) is 23.7 Å². The molecule has 0 saturated carbocycles. The highest BCUT2D eigenvalue weighted by Gasteiger charge is 2.18. The first-order chi connectivity index (χ1) is 8.16. The maximum absolute atomic E-state index is 11.4. The lowest BCUT2D eigenvalue weighted by Gasteiger charge is -2.14. The number of hydrogen-bond acceptors (Lipinski definition) is 4. The van der Waals surface area contributed by atoms with Gasteiger partial charge in [-0.3, -0.25) is 4.79 Å². The summed E-state index contributed by atoms with van der Waals surface area (Å²) in [5, 5.41) is 10.2. The van der Waals surface area contributed by atoms with Crippen molar-refractivity contribution in [1.29, 1.82) is 0 Å². The van der Waals surface area contributed by atoms with Crippen molar-refractivity contribution >= 4 is 5.91 Å². The number of nitrogens with zero attached hydrogens (tertiary/aromatic N) is 1. The molecular formula is C12H19N3O2. The van der Waals surface area contributed by atoms with E-state index in [4.69, 9.17) is 4.52 Å². The van der Waals surface area contributed by atoms with Gasteiger partial charge in [0.05, 0.1) is 5.69 Å². The zero-order valence-electron chi connectivity index (χ0n) is 10.4. The molecule has 2 heterocycles. The molecule has 1 amide bonds. The molecular weight excluding hydrogens is 218 g/mol. The van der Waals surface area contributed by atoms with Crippen LogP contribution in [0.3, 0.4) is 0 Å². The van der Waals surface area contributed by atoms with Crippen molar-refractivity contribution in [2.45, 2.75) is 45.7 Å². The van der Waals surface area contributed by atoms with E-state index in [1.165, 1.54) is 0 Å². The Bertz CT molecular complexity index is 381. The van der Waals surface area contributed by atoms with Crippen LogP contribution in [0, 0.1) is 13.8 Å². The van der Waals surface area contributed by atoms with Crippen molar-refractivity contribution < 1.29 is 9.32 Å². The highest BCUT2D eigenvalue weighted by molar-refractivity contribution is 5.76. The molecule has 5 heteroatoms. The van der Waals surface area contributed by atoms with Gasteiger partial charge < -0.3 is 15.2 Å². The third-order valence-electron chi connectivity index (χ3n) is 3.23. The largest absolute Gasteiger partial charge is 0.361 e. The van der Waals surface area contributed by atoms with Crippen LogP contribution in [0.5, 0.6) is 0 Å². The van der Waals surface area contributed by atoms with Gasteiger partial charge in [0.15, 0.2) is 0 Å². The normalized spacial score (nSPS) is 21.1. The summed E-state index contributed by atoms with van der Waals surface area (Å²) in [7, 11) is 0. The standard InChI is InChI=1S/C12H19N3O2/c1-8-11(9(2)17-15-8)7-14-10-4-3-5-13-12(16)6-10/h10,14H,3-7H2,1-2H3,(H,13,16). The topological polar surface area (TPSA) is 67.2 Å². The van der Waals surface area contributed by atoms with Crippen LogP contribution in [-0.2, 0) is 11.3 Å². The number of nitrogens with one attached hydrogen (secondary N) is 2. The molecule has 0 radical (unpaired) electrons. The second kappa shape index (κ2) is 5.31. The number of aryl methyl sites for hydroxylation is 2. The molecule has 0 bridgehead atoms. The fraction of sp³-hybridized carbons (Fsp3) is 0.667. The van der Waals surface area contributed by atoms with E-state index >= 15 is 0 Å². The van der Waals surface area contributed by atoms with E-state index in [0.29, 0.717) is 6.42 Å². The van der Waals surface area contributed by atoms with Gasteiger partial charge in [0, 0.05) is 31.1 Å². The van der Waals surface area contributed by atoms with E-state index < -0.39 is 0 Å². The smallest absolute Gasteiger partial charge is 0.221 e. The minimum absolute atomic E-state index is 0.138. The quantitative estimate of drug-likeness (QED) is 0.824. The highest BCUT2D eigenvalue weighted by Crippen LogP contribution is 2.13. The van der Waals surface area contributed by atoms with Crippen molar-refractivity contribution in [3.8, 4) is 0 Å². The summed E-state index contributed by atoms with van der Waals surface area (Å²) in [5.41, 5.74) is 2.03. The minimum atomic E-state index is 0.138. The maximum Gasteiger partial charge on any atom is 0.221 e. The third-order valence-corrected chi connectivity index (χ3v) is 3.23. The van der Waals surface area contributed by atoms with Crippen LogP contribution in [0.2, 0.25) is 0 Å². The Labute approximate surface area is 101 Å². The summed E-state index contributed by atoms with van der Waals surface area (Å²) in [4.78, 5) is 11.4. The molecule has 1 saturated heterocycles. The summed E-state index contributed by atoms with van der Waals surface area (Å²) in [6.07, 6.45) is 2.62. The van der Waals surface area contributed by atoms with Crippen LogP contribution in [0.1, 0.15) is 36.3 Å². The van der Waals surface area contributed by atoms with Gasteiger partial charge in [-0.2, -0.15) is 0 Å².